The molecule has 3 heteroatoms. The lowest BCUT2D eigenvalue weighted by Crippen LogP contribution is -2.14. The molecule has 0 atom stereocenters. The molecule has 12 rings (SSSR count). The predicted octanol–water partition coefficient (Wildman–Crippen LogP) is 13.8. The Kier molecular flexibility index (Phi) is 5.84. The Morgan fingerprint density at radius 1 is 0.370 bits per heavy atom. The first kappa shape index (κ1) is 29.7. The van der Waals surface area contributed by atoms with E-state index in [1.54, 1.807) is 0 Å². The molecule has 1 aliphatic carbocycles. The fourth-order valence-electron chi connectivity index (χ4n) is 9.52. The molecule has 11 aromatic rings. The topological polar surface area (TPSA) is 23.0 Å². The van der Waals surface area contributed by atoms with Crippen LogP contribution in [0.2, 0.25) is 0 Å². The van der Waals surface area contributed by atoms with Crippen molar-refractivity contribution in [2.45, 2.75) is 19.3 Å². The van der Waals surface area contributed by atoms with Gasteiger partial charge in [0.05, 0.1) is 22.1 Å². The third kappa shape index (κ3) is 3.96. The SMILES string of the molecule is CC1(C)c2ccccc2-c2cc3c4ccc(-c5ccc6c(c5)c5cc7c(cc5n6-c5ccccc5)oc5ccccc57)cc4n(-c4ccccc4)c3cc21. The maximum atomic E-state index is 6.39. The van der Waals surface area contributed by atoms with Crippen LogP contribution in [0.15, 0.2) is 174 Å². The number of hydrogen-bond acceptors (Lipinski definition) is 1. The van der Waals surface area contributed by atoms with Gasteiger partial charge in [-0.2, -0.15) is 0 Å². The lowest BCUT2D eigenvalue weighted by molar-refractivity contribution is 0.661. The second kappa shape index (κ2) is 10.6. The van der Waals surface area contributed by atoms with Gasteiger partial charge in [0.2, 0.25) is 0 Å². The predicted molar refractivity (Wildman–Crippen MR) is 225 cm³/mol. The van der Waals surface area contributed by atoms with Gasteiger partial charge in [-0.25, -0.2) is 0 Å². The second-order valence-corrected chi connectivity index (χ2v) is 15.4. The number of aromatic nitrogens is 2. The van der Waals surface area contributed by atoms with Crippen LogP contribution in [-0.2, 0) is 5.41 Å². The number of benzene rings is 8. The van der Waals surface area contributed by atoms with Crippen molar-refractivity contribution in [2.75, 3.05) is 0 Å². The largest absolute Gasteiger partial charge is 0.456 e. The van der Waals surface area contributed by atoms with Crippen molar-refractivity contribution in [1.82, 2.24) is 9.13 Å². The maximum absolute atomic E-state index is 6.39. The van der Waals surface area contributed by atoms with Crippen LogP contribution in [0.25, 0.3) is 99.2 Å². The molecule has 0 radical (unpaired) electrons. The summed E-state index contributed by atoms with van der Waals surface area (Å²) in [6, 6.07) is 62.2. The number of hydrogen-bond donors (Lipinski definition) is 0. The molecule has 1 aliphatic rings. The highest BCUT2D eigenvalue weighted by atomic mass is 16.3. The Hall–Kier alpha value is -6.84. The summed E-state index contributed by atoms with van der Waals surface area (Å²) in [6.45, 7) is 4.73. The summed E-state index contributed by atoms with van der Waals surface area (Å²) in [7, 11) is 0. The number of fused-ring (bicyclic) bond motifs is 12. The minimum absolute atomic E-state index is 0.0775. The molecule has 3 aromatic heterocycles. The molecule has 8 aromatic carbocycles. The van der Waals surface area contributed by atoms with E-state index in [4.69, 9.17) is 4.42 Å². The van der Waals surface area contributed by atoms with Crippen LogP contribution >= 0.6 is 0 Å². The number of para-hydroxylation sites is 3. The van der Waals surface area contributed by atoms with Crippen LogP contribution in [0.3, 0.4) is 0 Å². The van der Waals surface area contributed by atoms with E-state index in [-0.39, 0.29) is 5.41 Å². The highest BCUT2D eigenvalue weighted by Crippen LogP contribution is 2.51. The van der Waals surface area contributed by atoms with Crippen LogP contribution in [-0.4, -0.2) is 9.13 Å². The minimum Gasteiger partial charge on any atom is -0.456 e. The molecule has 0 fully saturated rings. The van der Waals surface area contributed by atoms with Crippen LogP contribution in [0.4, 0.5) is 0 Å². The molecule has 0 amide bonds. The molecule has 0 N–H and O–H groups in total. The van der Waals surface area contributed by atoms with Crippen molar-refractivity contribution < 1.29 is 4.42 Å². The average molecular weight is 691 g/mol. The van der Waals surface area contributed by atoms with E-state index in [2.05, 4.69) is 187 Å². The van der Waals surface area contributed by atoms with Gasteiger partial charge in [0.1, 0.15) is 11.2 Å². The molecule has 0 saturated heterocycles. The molecular weight excluding hydrogens is 657 g/mol. The summed E-state index contributed by atoms with van der Waals surface area (Å²) < 4.78 is 11.2. The zero-order valence-corrected chi connectivity index (χ0v) is 30.0. The van der Waals surface area contributed by atoms with E-state index >= 15 is 0 Å². The summed E-state index contributed by atoms with van der Waals surface area (Å²) in [6.07, 6.45) is 0. The Labute approximate surface area is 311 Å². The van der Waals surface area contributed by atoms with Crippen LogP contribution < -0.4 is 0 Å². The van der Waals surface area contributed by atoms with Crippen molar-refractivity contribution in [2.24, 2.45) is 0 Å². The molecule has 3 nitrogen and oxygen atoms in total. The summed E-state index contributed by atoms with van der Waals surface area (Å²) in [5.41, 5.74) is 16.7. The van der Waals surface area contributed by atoms with Gasteiger partial charge in [0.25, 0.3) is 0 Å². The van der Waals surface area contributed by atoms with Crippen molar-refractivity contribution >= 4 is 65.6 Å². The van der Waals surface area contributed by atoms with Crippen molar-refractivity contribution in [1.29, 1.82) is 0 Å². The highest BCUT2D eigenvalue weighted by molar-refractivity contribution is 6.18. The maximum Gasteiger partial charge on any atom is 0.137 e. The Morgan fingerprint density at radius 3 is 1.80 bits per heavy atom. The molecule has 0 bridgehead atoms. The quantitative estimate of drug-likeness (QED) is 0.181. The second-order valence-electron chi connectivity index (χ2n) is 15.4. The van der Waals surface area contributed by atoms with Crippen molar-refractivity contribution in [3.8, 4) is 33.6 Å². The highest BCUT2D eigenvalue weighted by Gasteiger charge is 2.36. The summed E-state index contributed by atoms with van der Waals surface area (Å²) in [5.74, 6) is 0. The summed E-state index contributed by atoms with van der Waals surface area (Å²) in [4.78, 5) is 0. The fourth-order valence-corrected chi connectivity index (χ4v) is 9.52. The Morgan fingerprint density at radius 2 is 0.981 bits per heavy atom. The zero-order valence-electron chi connectivity index (χ0n) is 30.0. The lowest BCUT2D eigenvalue weighted by atomic mass is 9.82. The molecule has 3 heterocycles. The molecule has 54 heavy (non-hydrogen) atoms. The van der Waals surface area contributed by atoms with Gasteiger partial charge in [0.15, 0.2) is 0 Å². The van der Waals surface area contributed by atoms with Gasteiger partial charge in [-0.1, -0.05) is 111 Å². The van der Waals surface area contributed by atoms with Gasteiger partial charge >= 0.3 is 0 Å². The van der Waals surface area contributed by atoms with Gasteiger partial charge in [-0.3, -0.25) is 0 Å². The number of nitrogens with zero attached hydrogens (tertiary/aromatic N) is 2. The first-order valence-electron chi connectivity index (χ1n) is 18.8. The molecular formula is C51H34N2O. The minimum atomic E-state index is -0.0775. The van der Waals surface area contributed by atoms with Crippen LogP contribution in [0, 0.1) is 0 Å². The van der Waals surface area contributed by atoms with E-state index in [9.17, 15) is 0 Å². The first-order valence-corrected chi connectivity index (χ1v) is 18.8. The zero-order chi connectivity index (χ0) is 35.7. The van der Waals surface area contributed by atoms with E-state index in [1.807, 2.05) is 6.07 Å². The van der Waals surface area contributed by atoms with E-state index in [0.717, 1.165) is 33.1 Å². The van der Waals surface area contributed by atoms with Crippen molar-refractivity contribution in [3.05, 3.63) is 181 Å². The Balaban J connectivity index is 1.12. The number of rotatable bonds is 3. The average Bonchev–Trinajstić information content (AvgIpc) is 3.91. The normalized spacial score (nSPS) is 13.5. The summed E-state index contributed by atoms with van der Waals surface area (Å²) in [5, 5.41) is 7.26. The fraction of sp³-hybridized carbons (Fsp3) is 0.0588. The Bertz CT molecular complexity index is 3340. The number of furan rings is 1. The molecule has 0 unspecified atom stereocenters. The third-order valence-electron chi connectivity index (χ3n) is 12.1. The van der Waals surface area contributed by atoms with Crippen molar-refractivity contribution in [3.63, 3.8) is 0 Å². The van der Waals surface area contributed by atoms with Gasteiger partial charge in [0, 0.05) is 55.2 Å². The van der Waals surface area contributed by atoms with E-state index < -0.39 is 0 Å². The molecule has 0 saturated carbocycles. The standard InChI is InChI=1S/C51H34N2O/c1-51(2)43-19-11-9-17-35(43)38-27-40-36-23-21-32(26-46(36)53(47(40)29-44(38)51)34-15-7-4-8-16-34)31-22-24-45-39(25-31)41-28-42-37-18-10-12-20-49(37)54-50(42)30-48(41)52(45)33-13-5-3-6-14-33/h3-30H,1-2H3. The van der Waals surface area contributed by atoms with Crippen LogP contribution in [0.1, 0.15) is 25.0 Å². The molecule has 0 spiro atoms. The van der Waals surface area contributed by atoms with Gasteiger partial charge in [-0.15, -0.1) is 0 Å². The van der Waals surface area contributed by atoms with Gasteiger partial charge < -0.3 is 13.6 Å². The van der Waals surface area contributed by atoms with E-state index in [0.29, 0.717) is 0 Å². The third-order valence-corrected chi connectivity index (χ3v) is 12.1. The first-order chi connectivity index (χ1) is 26.5. The smallest absolute Gasteiger partial charge is 0.137 e. The lowest BCUT2D eigenvalue weighted by Gasteiger charge is -2.21. The van der Waals surface area contributed by atoms with Crippen LogP contribution in [0.5, 0.6) is 0 Å². The van der Waals surface area contributed by atoms with Gasteiger partial charge in [-0.05, 0) is 100 Å². The molecule has 0 aliphatic heterocycles. The monoisotopic (exact) mass is 690 g/mol. The summed E-state index contributed by atoms with van der Waals surface area (Å²) >= 11 is 0. The van der Waals surface area contributed by atoms with E-state index in [1.165, 1.54) is 77.2 Å². The molecule has 254 valence electrons.